The average molecular weight is 351 g/mol. The molecule has 0 radical (unpaired) electrons. The van der Waals surface area contributed by atoms with Crippen molar-refractivity contribution in [2.24, 2.45) is 0 Å². The Kier molecular flexibility index (Phi) is 4.26. The zero-order chi connectivity index (χ0) is 18.1. The lowest BCUT2D eigenvalue weighted by Crippen LogP contribution is -2.28. The fraction of sp³-hybridized carbons (Fsp3) is 0.333. The molecule has 0 saturated heterocycles. The van der Waals surface area contributed by atoms with Crippen LogP contribution >= 0.6 is 0 Å². The highest BCUT2D eigenvalue weighted by Crippen LogP contribution is 2.15. The van der Waals surface area contributed by atoms with E-state index >= 15 is 0 Å². The molecule has 1 aliphatic rings. The van der Waals surface area contributed by atoms with Gasteiger partial charge in [0.05, 0.1) is 5.69 Å². The summed E-state index contributed by atoms with van der Waals surface area (Å²) in [4.78, 5) is 16.9. The number of hydrogen-bond donors (Lipinski definition) is 3. The van der Waals surface area contributed by atoms with E-state index in [0.29, 0.717) is 18.8 Å². The summed E-state index contributed by atoms with van der Waals surface area (Å²) in [5.74, 6) is 0.590. The van der Waals surface area contributed by atoms with Crippen molar-refractivity contribution in [3.8, 4) is 5.82 Å². The number of carbonyl (C=O) groups excluding carboxylic acids is 1. The molecular formula is C18H21N7O. The molecule has 0 bridgehead atoms. The number of nitrogens with one attached hydrogen (secondary N) is 3. The lowest BCUT2D eigenvalue weighted by atomic mass is 10.1. The van der Waals surface area contributed by atoms with E-state index in [0.717, 1.165) is 47.0 Å². The number of pyridine rings is 1. The lowest BCUT2D eigenvalue weighted by Gasteiger charge is -2.12. The maximum absolute atomic E-state index is 12.4. The molecular weight excluding hydrogens is 330 g/mol. The summed E-state index contributed by atoms with van der Waals surface area (Å²) < 4.78 is 1.81. The first kappa shape index (κ1) is 16.5. The van der Waals surface area contributed by atoms with Crippen LogP contribution < -0.4 is 10.6 Å². The normalized spacial score (nSPS) is 13.5. The van der Waals surface area contributed by atoms with E-state index < -0.39 is 0 Å². The molecule has 4 heterocycles. The van der Waals surface area contributed by atoms with E-state index in [1.807, 2.05) is 32.0 Å². The van der Waals surface area contributed by atoms with Gasteiger partial charge in [-0.15, -0.1) is 0 Å². The molecule has 26 heavy (non-hydrogen) atoms. The van der Waals surface area contributed by atoms with Crippen LogP contribution in [0.25, 0.3) is 5.82 Å². The Hall–Kier alpha value is -3.00. The largest absolute Gasteiger partial charge is 0.346 e. The standard InChI is InChI=1S/C18H21N7O/c1-11-7-12(2)25(24-11)16-4-3-13(8-20-16)9-21-18(26)17-14-10-19-6-5-15(14)22-23-17/h3-4,7-8,19H,5-6,9-10H2,1-2H3,(H,21,26)(H,22,23). The Morgan fingerprint density at radius 1 is 1.35 bits per heavy atom. The summed E-state index contributed by atoms with van der Waals surface area (Å²) in [6.45, 7) is 5.93. The SMILES string of the molecule is Cc1cc(C)n(-c2ccc(CNC(=O)c3n[nH]c4c3CNCC4)cn2)n1. The van der Waals surface area contributed by atoms with Crippen LogP contribution in [0.1, 0.15) is 38.7 Å². The van der Waals surface area contributed by atoms with Crippen LogP contribution in [0.4, 0.5) is 0 Å². The van der Waals surface area contributed by atoms with Crippen LogP contribution in [0.2, 0.25) is 0 Å². The van der Waals surface area contributed by atoms with Gasteiger partial charge >= 0.3 is 0 Å². The predicted octanol–water partition coefficient (Wildman–Crippen LogP) is 1.18. The van der Waals surface area contributed by atoms with Gasteiger partial charge in [0.15, 0.2) is 11.5 Å². The quantitative estimate of drug-likeness (QED) is 0.655. The fourth-order valence-electron chi connectivity index (χ4n) is 3.19. The summed E-state index contributed by atoms with van der Waals surface area (Å²) in [6.07, 6.45) is 2.63. The zero-order valence-corrected chi connectivity index (χ0v) is 14.8. The van der Waals surface area contributed by atoms with Gasteiger partial charge in [0.2, 0.25) is 0 Å². The van der Waals surface area contributed by atoms with Crippen molar-refractivity contribution in [1.29, 1.82) is 0 Å². The van der Waals surface area contributed by atoms with Crippen LogP contribution in [0, 0.1) is 13.8 Å². The van der Waals surface area contributed by atoms with Crippen LogP contribution in [0.3, 0.4) is 0 Å². The Morgan fingerprint density at radius 3 is 2.96 bits per heavy atom. The van der Waals surface area contributed by atoms with Crippen LogP contribution in [0.15, 0.2) is 24.4 Å². The van der Waals surface area contributed by atoms with Crippen LogP contribution in [-0.2, 0) is 19.5 Å². The highest BCUT2D eigenvalue weighted by atomic mass is 16.1. The van der Waals surface area contributed by atoms with E-state index in [9.17, 15) is 4.79 Å². The minimum Gasteiger partial charge on any atom is -0.346 e. The van der Waals surface area contributed by atoms with Crippen molar-refractivity contribution in [3.63, 3.8) is 0 Å². The van der Waals surface area contributed by atoms with Gasteiger partial charge in [-0.05, 0) is 31.5 Å². The van der Waals surface area contributed by atoms with E-state index in [4.69, 9.17) is 0 Å². The summed E-state index contributed by atoms with van der Waals surface area (Å²) >= 11 is 0. The molecule has 0 spiro atoms. The third-order valence-corrected chi connectivity index (χ3v) is 4.51. The van der Waals surface area contributed by atoms with Gasteiger partial charge in [-0.2, -0.15) is 10.2 Å². The number of nitrogens with zero attached hydrogens (tertiary/aromatic N) is 4. The molecule has 0 aromatic carbocycles. The van der Waals surface area contributed by atoms with Gasteiger partial charge in [-0.3, -0.25) is 9.89 Å². The molecule has 3 aromatic heterocycles. The molecule has 1 aliphatic heterocycles. The van der Waals surface area contributed by atoms with Crippen LogP contribution in [0.5, 0.6) is 0 Å². The number of rotatable bonds is 4. The third kappa shape index (κ3) is 3.11. The van der Waals surface area contributed by atoms with Crippen molar-refractivity contribution < 1.29 is 4.79 Å². The molecule has 1 amide bonds. The van der Waals surface area contributed by atoms with Gasteiger partial charge in [0, 0.05) is 49.2 Å². The van der Waals surface area contributed by atoms with Crippen molar-refractivity contribution in [3.05, 3.63) is 58.3 Å². The fourth-order valence-corrected chi connectivity index (χ4v) is 3.19. The number of hydrogen-bond acceptors (Lipinski definition) is 5. The second-order valence-electron chi connectivity index (χ2n) is 6.50. The second-order valence-corrected chi connectivity index (χ2v) is 6.50. The molecule has 134 valence electrons. The van der Waals surface area contributed by atoms with E-state index in [1.54, 1.807) is 10.9 Å². The number of aryl methyl sites for hydroxylation is 2. The maximum Gasteiger partial charge on any atom is 0.272 e. The summed E-state index contributed by atoms with van der Waals surface area (Å²) in [7, 11) is 0. The Bertz CT molecular complexity index is 939. The maximum atomic E-state index is 12.4. The number of amides is 1. The second kappa shape index (κ2) is 6.72. The molecule has 0 aliphatic carbocycles. The molecule has 4 rings (SSSR count). The number of aromatic nitrogens is 5. The van der Waals surface area contributed by atoms with Crippen molar-refractivity contribution in [2.45, 2.75) is 33.4 Å². The summed E-state index contributed by atoms with van der Waals surface area (Å²) in [5.41, 5.74) is 5.40. The number of carbonyl (C=O) groups is 1. The monoisotopic (exact) mass is 351 g/mol. The van der Waals surface area contributed by atoms with Gasteiger partial charge < -0.3 is 10.6 Å². The highest BCUT2D eigenvalue weighted by molar-refractivity contribution is 5.94. The van der Waals surface area contributed by atoms with E-state index in [-0.39, 0.29) is 5.91 Å². The Labute approximate surface area is 151 Å². The van der Waals surface area contributed by atoms with Gasteiger partial charge in [-0.25, -0.2) is 9.67 Å². The first-order valence-corrected chi connectivity index (χ1v) is 8.65. The Balaban J connectivity index is 1.43. The average Bonchev–Trinajstić information content (AvgIpc) is 3.23. The minimum atomic E-state index is -0.172. The summed E-state index contributed by atoms with van der Waals surface area (Å²) in [6, 6.07) is 5.86. The molecule has 8 nitrogen and oxygen atoms in total. The minimum absolute atomic E-state index is 0.172. The molecule has 0 atom stereocenters. The van der Waals surface area contributed by atoms with Crippen molar-refractivity contribution in [1.82, 2.24) is 35.6 Å². The molecule has 0 fully saturated rings. The van der Waals surface area contributed by atoms with Crippen molar-refractivity contribution in [2.75, 3.05) is 6.54 Å². The summed E-state index contributed by atoms with van der Waals surface area (Å²) in [5, 5.41) is 17.7. The molecule has 3 N–H and O–H groups in total. The highest BCUT2D eigenvalue weighted by Gasteiger charge is 2.21. The first-order valence-electron chi connectivity index (χ1n) is 8.65. The van der Waals surface area contributed by atoms with Gasteiger partial charge in [0.25, 0.3) is 5.91 Å². The third-order valence-electron chi connectivity index (χ3n) is 4.51. The lowest BCUT2D eigenvalue weighted by molar-refractivity contribution is 0.0944. The number of H-pyrrole nitrogens is 1. The van der Waals surface area contributed by atoms with Crippen molar-refractivity contribution >= 4 is 5.91 Å². The van der Waals surface area contributed by atoms with Gasteiger partial charge in [0.1, 0.15) is 0 Å². The van der Waals surface area contributed by atoms with E-state index in [2.05, 4.69) is 30.9 Å². The Morgan fingerprint density at radius 2 is 2.23 bits per heavy atom. The molecule has 0 unspecified atom stereocenters. The first-order chi connectivity index (χ1) is 12.6. The molecule has 8 heteroatoms. The van der Waals surface area contributed by atoms with Crippen LogP contribution in [-0.4, -0.2) is 37.4 Å². The predicted molar refractivity (Wildman–Crippen MR) is 96.0 cm³/mol. The van der Waals surface area contributed by atoms with Gasteiger partial charge in [-0.1, -0.05) is 6.07 Å². The number of aromatic amines is 1. The zero-order valence-electron chi connectivity index (χ0n) is 14.8. The smallest absolute Gasteiger partial charge is 0.272 e. The topological polar surface area (TPSA) is 101 Å². The molecule has 3 aromatic rings. The van der Waals surface area contributed by atoms with E-state index in [1.165, 1.54) is 0 Å². The molecule has 0 saturated carbocycles. The number of fused-ring (bicyclic) bond motifs is 1.